The molecule has 0 bridgehead atoms. The van der Waals surface area contributed by atoms with Crippen molar-refractivity contribution in [2.75, 3.05) is 13.2 Å². The van der Waals surface area contributed by atoms with Crippen molar-refractivity contribution in [2.24, 2.45) is 5.92 Å². The molecule has 16 heavy (non-hydrogen) atoms. The predicted molar refractivity (Wildman–Crippen MR) is 62.0 cm³/mol. The summed E-state index contributed by atoms with van der Waals surface area (Å²) >= 11 is 0. The number of hydrogen-bond donors (Lipinski definition) is 1. The number of rotatable bonds is 4. The smallest absolute Gasteiger partial charge is 0.220 e. The van der Waals surface area contributed by atoms with Crippen LogP contribution in [0.5, 0.6) is 0 Å². The first-order valence-electron chi connectivity index (χ1n) is 5.64. The van der Waals surface area contributed by atoms with Crippen LogP contribution in [0.3, 0.4) is 0 Å². The number of amides is 1. The number of aryl methyl sites for hydroxylation is 1. The third kappa shape index (κ3) is 3.07. The van der Waals surface area contributed by atoms with Crippen LogP contribution in [0.4, 0.5) is 0 Å². The number of nitrogens with one attached hydrogen (secondary N) is 1. The van der Waals surface area contributed by atoms with Gasteiger partial charge in [-0.3, -0.25) is 4.79 Å². The van der Waals surface area contributed by atoms with E-state index in [2.05, 4.69) is 24.4 Å². The van der Waals surface area contributed by atoms with Crippen molar-refractivity contribution in [3.8, 4) is 0 Å². The molecule has 3 nitrogen and oxygen atoms in total. The fraction of sp³-hybridized carbons (Fsp3) is 0.462. The lowest BCUT2D eigenvalue weighted by molar-refractivity contribution is -0.126. The van der Waals surface area contributed by atoms with Crippen LogP contribution in [-0.4, -0.2) is 19.1 Å². The molecule has 1 fully saturated rings. The van der Waals surface area contributed by atoms with Gasteiger partial charge in [0.15, 0.2) is 0 Å². The van der Waals surface area contributed by atoms with Gasteiger partial charge in [-0.05, 0) is 12.5 Å². The molecule has 0 radical (unpaired) electrons. The molecule has 3 heteroatoms. The van der Waals surface area contributed by atoms with Gasteiger partial charge in [0.2, 0.25) is 5.91 Å². The maximum Gasteiger partial charge on any atom is 0.220 e. The fourth-order valence-electron chi connectivity index (χ4n) is 1.64. The van der Waals surface area contributed by atoms with Crippen LogP contribution in [0.1, 0.15) is 17.5 Å². The van der Waals surface area contributed by atoms with Crippen LogP contribution >= 0.6 is 0 Å². The lowest BCUT2D eigenvalue weighted by Gasteiger charge is -2.25. The van der Waals surface area contributed by atoms with E-state index >= 15 is 0 Å². The fourth-order valence-corrected chi connectivity index (χ4v) is 1.64. The summed E-state index contributed by atoms with van der Waals surface area (Å²) in [4.78, 5) is 11.5. The van der Waals surface area contributed by atoms with Crippen molar-refractivity contribution < 1.29 is 9.53 Å². The minimum atomic E-state index is 0.119. The molecule has 1 aromatic carbocycles. The van der Waals surface area contributed by atoms with Gasteiger partial charge in [-0.15, -0.1) is 0 Å². The van der Waals surface area contributed by atoms with Gasteiger partial charge in [0, 0.05) is 18.9 Å². The SMILES string of the molecule is Cc1ccc(CNC(=O)CC2COC2)cc1. The second-order valence-corrected chi connectivity index (χ2v) is 4.37. The van der Waals surface area contributed by atoms with Gasteiger partial charge < -0.3 is 10.1 Å². The van der Waals surface area contributed by atoms with E-state index in [1.807, 2.05) is 12.1 Å². The van der Waals surface area contributed by atoms with Gasteiger partial charge >= 0.3 is 0 Å². The first kappa shape index (κ1) is 11.1. The van der Waals surface area contributed by atoms with E-state index in [0.717, 1.165) is 18.8 Å². The van der Waals surface area contributed by atoms with Crippen LogP contribution in [0.2, 0.25) is 0 Å². The molecule has 1 amide bonds. The van der Waals surface area contributed by atoms with E-state index in [4.69, 9.17) is 4.74 Å². The molecule has 1 N–H and O–H groups in total. The maximum atomic E-state index is 11.5. The van der Waals surface area contributed by atoms with Crippen molar-refractivity contribution in [1.82, 2.24) is 5.32 Å². The summed E-state index contributed by atoms with van der Waals surface area (Å²) < 4.78 is 5.03. The maximum absolute atomic E-state index is 11.5. The molecule has 0 unspecified atom stereocenters. The Morgan fingerprint density at radius 1 is 1.38 bits per heavy atom. The molecule has 0 atom stereocenters. The second kappa shape index (κ2) is 5.12. The van der Waals surface area contributed by atoms with E-state index in [0.29, 0.717) is 18.9 Å². The van der Waals surface area contributed by atoms with Crippen molar-refractivity contribution in [2.45, 2.75) is 19.9 Å². The van der Waals surface area contributed by atoms with Gasteiger partial charge in [-0.2, -0.15) is 0 Å². The highest BCUT2D eigenvalue weighted by molar-refractivity contribution is 5.76. The number of ether oxygens (including phenoxy) is 1. The highest BCUT2D eigenvalue weighted by atomic mass is 16.5. The van der Waals surface area contributed by atoms with Gasteiger partial charge in [0.25, 0.3) is 0 Å². The molecule has 2 rings (SSSR count). The Labute approximate surface area is 95.8 Å². The summed E-state index contributed by atoms with van der Waals surface area (Å²) in [6.07, 6.45) is 0.589. The summed E-state index contributed by atoms with van der Waals surface area (Å²) in [6.45, 7) is 4.14. The van der Waals surface area contributed by atoms with E-state index in [1.54, 1.807) is 0 Å². The normalized spacial score (nSPS) is 15.6. The zero-order chi connectivity index (χ0) is 11.4. The lowest BCUT2D eigenvalue weighted by atomic mass is 10.0. The van der Waals surface area contributed by atoms with E-state index < -0.39 is 0 Å². The zero-order valence-electron chi connectivity index (χ0n) is 9.53. The Kier molecular flexibility index (Phi) is 3.57. The summed E-state index contributed by atoms with van der Waals surface area (Å²) in [5.74, 6) is 0.548. The average Bonchev–Trinajstić information content (AvgIpc) is 2.23. The summed E-state index contributed by atoms with van der Waals surface area (Å²) in [5, 5.41) is 2.92. The van der Waals surface area contributed by atoms with Gasteiger partial charge in [0.1, 0.15) is 0 Å². The van der Waals surface area contributed by atoms with E-state index in [9.17, 15) is 4.79 Å². The molecular weight excluding hydrogens is 202 g/mol. The van der Waals surface area contributed by atoms with Crippen LogP contribution < -0.4 is 5.32 Å². The topological polar surface area (TPSA) is 38.3 Å². The van der Waals surface area contributed by atoms with Crippen molar-refractivity contribution in [3.63, 3.8) is 0 Å². The van der Waals surface area contributed by atoms with Crippen molar-refractivity contribution in [1.29, 1.82) is 0 Å². The number of carbonyl (C=O) groups is 1. The summed E-state index contributed by atoms with van der Waals surface area (Å²) in [7, 11) is 0. The molecule has 0 spiro atoms. The van der Waals surface area contributed by atoms with Crippen LogP contribution in [0.25, 0.3) is 0 Å². The number of carbonyl (C=O) groups excluding carboxylic acids is 1. The number of benzene rings is 1. The molecule has 1 heterocycles. The Balaban J connectivity index is 1.73. The Morgan fingerprint density at radius 2 is 2.06 bits per heavy atom. The average molecular weight is 219 g/mol. The molecule has 0 aliphatic carbocycles. The molecule has 1 aromatic rings. The van der Waals surface area contributed by atoms with E-state index in [1.165, 1.54) is 5.56 Å². The van der Waals surface area contributed by atoms with Gasteiger partial charge in [-0.25, -0.2) is 0 Å². The van der Waals surface area contributed by atoms with Crippen LogP contribution in [0, 0.1) is 12.8 Å². The van der Waals surface area contributed by atoms with Crippen LogP contribution in [-0.2, 0) is 16.1 Å². The third-order valence-corrected chi connectivity index (χ3v) is 2.79. The summed E-state index contributed by atoms with van der Waals surface area (Å²) in [5.41, 5.74) is 2.38. The standard InChI is InChI=1S/C13H17NO2/c1-10-2-4-11(5-3-10)7-14-13(15)6-12-8-16-9-12/h2-5,12H,6-9H2,1H3,(H,14,15). The highest BCUT2D eigenvalue weighted by Crippen LogP contribution is 2.13. The van der Waals surface area contributed by atoms with Crippen molar-refractivity contribution >= 4 is 5.91 Å². The third-order valence-electron chi connectivity index (χ3n) is 2.79. The van der Waals surface area contributed by atoms with Crippen molar-refractivity contribution in [3.05, 3.63) is 35.4 Å². The van der Waals surface area contributed by atoms with Gasteiger partial charge in [0.05, 0.1) is 13.2 Å². The quantitative estimate of drug-likeness (QED) is 0.836. The minimum absolute atomic E-state index is 0.119. The largest absolute Gasteiger partial charge is 0.381 e. The molecular formula is C13H17NO2. The van der Waals surface area contributed by atoms with Gasteiger partial charge in [-0.1, -0.05) is 29.8 Å². The van der Waals surface area contributed by atoms with E-state index in [-0.39, 0.29) is 5.91 Å². The Bertz CT molecular complexity index is 355. The number of hydrogen-bond acceptors (Lipinski definition) is 2. The molecule has 86 valence electrons. The molecule has 0 aromatic heterocycles. The second-order valence-electron chi connectivity index (χ2n) is 4.37. The first-order valence-corrected chi connectivity index (χ1v) is 5.64. The molecule has 1 aliphatic rings. The Hall–Kier alpha value is -1.35. The molecule has 1 saturated heterocycles. The predicted octanol–water partition coefficient (Wildman–Crippen LogP) is 1.65. The molecule has 0 saturated carbocycles. The first-order chi connectivity index (χ1) is 7.74. The minimum Gasteiger partial charge on any atom is -0.381 e. The lowest BCUT2D eigenvalue weighted by Crippen LogP contribution is -2.34. The monoisotopic (exact) mass is 219 g/mol. The summed E-state index contributed by atoms with van der Waals surface area (Å²) in [6, 6.07) is 8.20. The zero-order valence-corrected chi connectivity index (χ0v) is 9.53. The van der Waals surface area contributed by atoms with Crippen LogP contribution in [0.15, 0.2) is 24.3 Å². The Morgan fingerprint density at radius 3 is 2.62 bits per heavy atom. The molecule has 1 aliphatic heterocycles. The highest BCUT2D eigenvalue weighted by Gasteiger charge is 2.21.